The summed E-state index contributed by atoms with van der Waals surface area (Å²) >= 11 is 0. The highest BCUT2D eigenvalue weighted by Gasteiger charge is 2.29. The Morgan fingerprint density at radius 3 is 1.93 bits per heavy atom. The van der Waals surface area contributed by atoms with Gasteiger partial charge in [0.1, 0.15) is 0 Å². The molecule has 0 saturated heterocycles. The van der Waals surface area contributed by atoms with Crippen molar-refractivity contribution in [2.45, 2.75) is 54.0 Å². The average molecular weight is 213 g/mol. The number of carbonyl (C=O) groups excluding carboxylic acids is 2. The van der Waals surface area contributed by atoms with Gasteiger partial charge in [-0.2, -0.15) is 0 Å². The van der Waals surface area contributed by atoms with E-state index in [-0.39, 0.29) is 23.1 Å². The van der Waals surface area contributed by atoms with Crippen LogP contribution in [0, 0.1) is 11.3 Å². The summed E-state index contributed by atoms with van der Waals surface area (Å²) in [7, 11) is 0. The van der Waals surface area contributed by atoms with Gasteiger partial charge in [-0.15, -0.1) is 0 Å². The highest BCUT2D eigenvalue weighted by Crippen LogP contribution is 2.20. The van der Waals surface area contributed by atoms with Gasteiger partial charge in [0, 0.05) is 6.42 Å². The molecule has 0 aromatic carbocycles. The standard InChI is InChI=1S/C12H23NO2/c1-8(2)7-10(15)13-11(9(3)14)12(4,5)6/h8,11H,7H2,1-6H3,(H,13,15). The van der Waals surface area contributed by atoms with Gasteiger partial charge in [-0.05, 0) is 18.3 Å². The second-order valence-corrected chi connectivity index (χ2v) is 5.58. The van der Waals surface area contributed by atoms with Crippen LogP contribution in [-0.2, 0) is 9.59 Å². The molecule has 0 bridgehead atoms. The van der Waals surface area contributed by atoms with Crippen molar-refractivity contribution in [3.63, 3.8) is 0 Å². The lowest BCUT2D eigenvalue weighted by atomic mass is 9.84. The molecule has 0 spiro atoms. The molecule has 0 rings (SSSR count). The van der Waals surface area contributed by atoms with Crippen LogP contribution < -0.4 is 5.32 Å². The number of hydrogen-bond donors (Lipinski definition) is 1. The van der Waals surface area contributed by atoms with E-state index >= 15 is 0 Å². The van der Waals surface area contributed by atoms with Crippen LogP contribution in [0.4, 0.5) is 0 Å². The molecule has 3 heteroatoms. The van der Waals surface area contributed by atoms with Crippen molar-refractivity contribution in [2.24, 2.45) is 11.3 Å². The van der Waals surface area contributed by atoms with Crippen molar-refractivity contribution in [1.82, 2.24) is 5.32 Å². The fraction of sp³-hybridized carbons (Fsp3) is 0.833. The number of Topliss-reactive ketones (excluding diaryl/α,β-unsaturated/α-hetero) is 1. The lowest BCUT2D eigenvalue weighted by molar-refractivity contribution is -0.129. The largest absolute Gasteiger partial charge is 0.346 e. The van der Waals surface area contributed by atoms with Gasteiger partial charge in [0.2, 0.25) is 5.91 Å². The van der Waals surface area contributed by atoms with Crippen LogP contribution in [0.5, 0.6) is 0 Å². The summed E-state index contributed by atoms with van der Waals surface area (Å²) in [4.78, 5) is 22.9. The molecule has 0 saturated carbocycles. The number of hydrogen-bond acceptors (Lipinski definition) is 2. The van der Waals surface area contributed by atoms with Crippen LogP contribution in [0.15, 0.2) is 0 Å². The van der Waals surface area contributed by atoms with Crippen LogP contribution in [0.25, 0.3) is 0 Å². The fourth-order valence-electron chi connectivity index (χ4n) is 1.52. The van der Waals surface area contributed by atoms with Gasteiger partial charge in [0.15, 0.2) is 5.78 Å². The van der Waals surface area contributed by atoms with E-state index in [1.807, 2.05) is 34.6 Å². The lowest BCUT2D eigenvalue weighted by Gasteiger charge is -2.29. The van der Waals surface area contributed by atoms with Crippen molar-refractivity contribution >= 4 is 11.7 Å². The Labute approximate surface area is 92.6 Å². The molecule has 1 unspecified atom stereocenters. The first kappa shape index (κ1) is 14.1. The van der Waals surface area contributed by atoms with E-state index in [0.29, 0.717) is 12.3 Å². The quantitative estimate of drug-likeness (QED) is 0.777. The molecular weight excluding hydrogens is 190 g/mol. The molecule has 0 radical (unpaired) electrons. The Bertz CT molecular complexity index is 238. The maximum Gasteiger partial charge on any atom is 0.220 e. The molecule has 0 aromatic rings. The lowest BCUT2D eigenvalue weighted by Crippen LogP contribution is -2.48. The predicted molar refractivity (Wildman–Crippen MR) is 61.5 cm³/mol. The molecule has 88 valence electrons. The molecule has 1 N–H and O–H groups in total. The average Bonchev–Trinajstić information content (AvgIpc) is 1.95. The molecule has 3 nitrogen and oxygen atoms in total. The summed E-state index contributed by atoms with van der Waals surface area (Å²) in [6.45, 7) is 11.3. The van der Waals surface area contributed by atoms with Gasteiger partial charge in [0.05, 0.1) is 6.04 Å². The molecule has 0 heterocycles. The van der Waals surface area contributed by atoms with E-state index in [4.69, 9.17) is 0 Å². The summed E-state index contributed by atoms with van der Waals surface area (Å²) in [5, 5.41) is 2.80. The third-order valence-electron chi connectivity index (χ3n) is 2.17. The minimum absolute atomic E-state index is 0.0135. The predicted octanol–water partition coefficient (Wildman–Crippen LogP) is 2.15. The van der Waals surface area contributed by atoms with Crippen LogP contribution in [0.3, 0.4) is 0 Å². The third-order valence-corrected chi connectivity index (χ3v) is 2.17. The first-order valence-corrected chi connectivity index (χ1v) is 5.44. The van der Waals surface area contributed by atoms with Crippen LogP contribution >= 0.6 is 0 Å². The topological polar surface area (TPSA) is 46.2 Å². The summed E-state index contributed by atoms with van der Waals surface area (Å²) in [6, 6.07) is -0.385. The van der Waals surface area contributed by atoms with Gasteiger partial charge in [-0.1, -0.05) is 34.6 Å². The maximum absolute atomic E-state index is 11.6. The molecule has 1 atom stereocenters. The highest BCUT2D eigenvalue weighted by molar-refractivity contribution is 5.88. The monoisotopic (exact) mass is 213 g/mol. The van der Waals surface area contributed by atoms with E-state index in [9.17, 15) is 9.59 Å². The second-order valence-electron chi connectivity index (χ2n) is 5.58. The van der Waals surface area contributed by atoms with Crippen molar-refractivity contribution in [2.75, 3.05) is 0 Å². The SMILES string of the molecule is CC(=O)C(NC(=O)CC(C)C)C(C)(C)C. The zero-order chi connectivity index (χ0) is 12.2. The third kappa shape index (κ3) is 5.55. The van der Waals surface area contributed by atoms with Crippen LogP contribution in [0.1, 0.15) is 48.0 Å². The summed E-state index contributed by atoms with van der Waals surface area (Å²) in [5.74, 6) is 0.289. The Balaban J connectivity index is 4.44. The second kappa shape index (κ2) is 5.29. The zero-order valence-corrected chi connectivity index (χ0v) is 10.7. The molecule has 0 aliphatic heterocycles. The molecule has 1 amide bonds. The number of nitrogens with one attached hydrogen (secondary N) is 1. The first-order valence-electron chi connectivity index (χ1n) is 5.44. The van der Waals surface area contributed by atoms with E-state index in [0.717, 1.165) is 0 Å². The zero-order valence-electron chi connectivity index (χ0n) is 10.7. The Kier molecular flexibility index (Phi) is 4.98. The molecular formula is C12H23NO2. The van der Waals surface area contributed by atoms with E-state index in [1.54, 1.807) is 0 Å². The van der Waals surface area contributed by atoms with Crippen molar-refractivity contribution in [3.05, 3.63) is 0 Å². The van der Waals surface area contributed by atoms with Gasteiger partial charge >= 0.3 is 0 Å². The van der Waals surface area contributed by atoms with Gasteiger partial charge in [0.25, 0.3) is 0 Å². The van der Waals surface area contributed by atoms with Crippen molar-refractivity contribution in [1.29, 1.82) is 0 Å². The normalized spacial score (nSPS) is 13.8. The Hall–Kier alpha value is -0.860. The number of ketones is 1. The minimum atomic E-state index is -0.385. The summed E-state index contributed by atoms with van der Waals surface area (Å²) in [5.41, 5.74) is -0.224. The van der Waals surface area contributed by atoms with Crippen LogP contribution in [-0.4, -0.2) is 17.7 Å². The number of rotatable bonds is 4. The molecule has 0 aliphatic rings. The minimum Gasteiger partial charge on any atom is -0.346 e. The molecule has 0 aliphatic carbocycles. The van der Waals surface area contributed by atoms with Crippen molar-refractivity contribution < 1.29 is 9.59 Å². The van der Waals surface area contributed by atoms with E-state index in [1.165, 1.54) is 6.92 Å². The van der Waals surface area contributed by atoms with Gasteiger partial charge in [-0.25, -0.2) is 0 Å². The molecule has 0 aromatic heterocycles. The van der Waals surface area contributed by atoms with Gasteiger partial charge in [-0.3, -0.25) is 9.59 Å². The Morgan fingerprint density at radius 2 is 1.67 bits per heavy atom. The highest BCUT2D eigenvalue weighted by atomic mass is 16.2. The van der Waals surface area contributed by atoms with E-state index in [2.05, 4.69) is 5.32 Å². The number of carbonyl (C=O) groups is 2. The number of amides is 1. The van der Waals surface area contributed by atoms with E-state index < -0.39 is 0 Å². The molecule has 15 heavy (non-hydrogen) atoms. The van der Waals surface area contributed by atoms with Gasteiger partial charge < -0.3 is 5.32 Å². The summed E-state index contributed by atoms with van der Waals surface area (Å²) in [6.07, 6.45) is 0.472. The smallest absolute Gasteiger partial charge is 0.220 e. The Morgan fingerprint density at radius 1 is 1.20 bits per heavy atom. The van der Waals surface area contributed by atoms with Crippen molar-refractivity contribution in [3.8, 4) is 0 Å². The van der Waals surface area contributed by atoms with Crippen LogP contribution in [0.2, 0.25) is 0 Å². The molecule has 0 fully saturated rings. The first-order chi connectivity index (χ1) is 6.64. The maximum atomic E-state index is 11.6. The summed E-state index contributed by atoms with van der Waals surface area (Å²) < 4.78 is 0. The fourth-order valence-corrected chi connectivity index (χ4v) is 1.52.